The summed E-state index contributed by atoms with van der Waals surface area (Å²) in [5.41, 5.74) is 7.04. The van der Waals surface area contributed by atoms with E-state index in [-0.39, 0.29) is 17.9 Å². The standard InChI is InChI=1S/C29H33ClN2O5.CH5N/c1-28(2,3)37-27(35)31-13-9-19(10-14-31)20-7-8-22-25(17-20)32(24-6-4-5-23(30)21(24)18-33)26(34)29(22)11-15-36-16-12-29;1-2/h4-8,17-19H,9-16H2,1-3H3;2H2,1H3. The van der Waals surface area contributed by atoms with Crippen molar-refractivity contribution in [1.82, 2.24) is 4.90 Å². The summed E-state index contributed by atoms with van der Waals surface area (Å²) < 4.78 is 11.2. The Balaban J connectivity index is 0.00000172. The van der Waals surface area contributed by atoms with Gasteiger partial charge >= 0.3 is 6.09 Å². The van der Waals surface area contributed by atoms with Crippen LogP contribution in [0.2, 0.25) is 5.02 Å². The minimum Gasteiger partial charge on any atom is -0.444 e. The molecule has 0 atom stereocenters. The maximum atomic E-state index is 14.1. The molecule has 210 valence electrons. The molecule has 2 amide bonds. The largest absolute Gasteiger partial charge is 0.444 e. The number of nitrogens with zero attached hydrogens (tertiary/aromatic N) is 2. The van der Waals surface area contributed by atoms with Crippen LogP contribution in [0.15, 0.2) is 36.4 Å². The Hall–Kier alpha value is -2.94. The van der Waals surface area contributed by atoms with Crippen molar-refractivity contribution in [3.63, 3.8) is 0 Å². The molecule has 0 unspecified atom stereocenters. The minimum atomic E-state index is -0.672. The quantitative estimate of drug-likeness (QED) is 0.497. The van der Waals surface area contributed by atoms with Crippen molar-refractivity contribution in [2.45, 2.75) is 63.4 Å². The minimum absolute atomic E-state index is 0.0342. The first-order valence-electron chi connectivity index (χ1n) is 13.5. The summed E-state index contributed by atoms with van der Waals surface area (Å²) in [5.74, 6) is 0.213. The van der Waals surface area contributed by atoms with E-state index in [1.807, 2.05) is 20.8 Å². The summed E-state index contributed by atoms with van der Waals surface area (Å²) in [4.78, 5) is 42.1. The van der Waals surface area contributed by atoms with Gasteiger partial charge in [-0.15, -0.1) is 0 Å². The van der Waals surface area contributed by atoms with Gasteiger partial charge in [-0.1, -0.05) is 29.8 Å². The van der Waals surface area contributed by atoms with Crippen molar-refractivity contribution >= 4 is 41.3 Å². The third kappa shape index (κ3) is 5.55. The summed E-state index contributed by atoms with van der Waals surface area (Å²) in [6, 6.07) is 11.5. The van der Waals surface area contributed by atoms with Crippen LogP contribution in [-0.2, 0) is 19.7 Å². The Morgan fingerprint density at radius 1 is 1.10 bits per heavy atom. The highest BCUT2D eigenvalue weighted by molar-refractivity contribution is 6.34. The van der Waals surface area contributed by atoms with Crippen molar-refractivity contribution < 1.29 is 23.9 Å². The molecule has 0 saturated carbocycles. The van der Waals surface area contributed by atoms with E-state index in [0.717, 1.165) is 35.9 Å². The second-order valence-electron chi connectivity index (χ2n) is 11.1. The first-order valence-corrected chi connectivity index (χ1v) is 13.9. The topological polar surface area (TPSA) is 102 Å². The normalized spacial score (nSPS) is 18.9. The zero-order chi connectivity index (χ0) is 28.4. The number of fused-ring (bicyclic) bond motifs is 2. The monoisotopic (exact) mass is 555 g/mol. The van der Waals surface area contributed by atoms with Gasteiger partial charge in [0.25, 0.3) is 0 Å². The fourth-order valence-electron chi connectivity index (χ4n) is 5.83. The van der Waals surface area contributed by atoms with Crippen LogP contribution in [0.1, 0.15) is 73.9 Å². The van der Waals surface area contributed by atoms with E-state index in [4.69, 9.17) is 21.1 Å². The molecular weight excluding hydrogens is 518 g/mol. The SMILES string of the molecule is CC(C)(C)OC(=O)N1CCC(c2ccc3c(c2)N(c2cccc(Cl)c2C=O)C(=O)C32CCOCC2)CC1.CN. The van der Waals surface area contributed by atoms with Gasteiger partial charge in [-0.3, -0.25) is 14.5 Å². The van der Waals surface area contributed by atoms with Gasteiger partial charge in [0, 0.05) is 26.3 Å². The average molecular weight is 556 g/mol. The third-order valence-electron chi connectivity index (χ3n) is 7.74. The Kier molecular flexibility index (Phi) is 8.69. The number of nitrogens with two attached hydrogens (primary N) is 1. The first-order chi connectivity index (χ1) is 18.6. The number of ether oxygens (including phenoxy) is 2. The van der Waals surface area contributed by atoms with Crippen LogP contribution >= 0.6 is 11.6 Å². The van der Waals surface area contributed by atoms with E-state index in [1.54, 1.807) is 28.0 Å². The predicted molar refractivity (Wildman–Crippen MR) is 152 cm³/mol. The molecule has 1 spiro atoms. The number of halogens is 1. The molecule has 3 heterocycles. The highest BCUT2D eigenvalue weighted by Gasteiger charge is 2.52. The summed E-state index contributed by atoms with van der Waals surface area (Å²) in [7, 11) is 1.50. The van der Waals surface area contributed by atoms with Gasteiger partial charge in [-0.05, 0) is 88.7 Å². The van der Waals surface area contributed by atoms with Crippen LogP contribution in [0.4, 0.5) is 16.2 Å². The zero-order valence-corrected chi connectivity index (χ0v) is 23.9. The number of likely N-dealkylation sites (tertiary alicyclic amines) is 1. The van der Waals surface area contributed by atoms with Crippen LogP contribution < -0.4 is 10.6 Å². The summed E-state index contributed by atoms with van der Waals surface area (Å²) >= 11 is 6.36. The van der Waals surface area contributed by atoms with Crippen LogP contribution in [0.25, 0.3) is 0 Å². The number of aldehydes is 1. The lowest BCUT2D eigenvalue weighted by Crippen LogP contribution is -2.42. The molecular formula is C30H38ClN3O5. The highest BCUT2D eigenvalue weighted by atomic mass is 35.5. The molecule has 2 N–H and O–H groups in total. The molecule has 2 fully saturated rings. The smallest absolute Gasteiger partial charge is 0.410 e. The van der Waals surface area contributed by atoms with Crippen LogP contribution in [0.3, 0.4) is 0 Å². The van der Waals surface area contributed by atoms with E-state index in [2.05, 4.69) is 23.9 Å². The molecule has 0 bridgehead atoms. The fraction of sp³-hybridized carbons (Fsp3) is 0.500. The van der Waals surface area contributed by atoms with Crippen molar-refractivity contribution in [3.05, 3.63) is 58.1 Å². The van der Waals surface area contributed by atoms with E-state index in [1.165, 1.54) is 7.05 Å². The van der Waals surface area contributed by atoms with Gasteiger partial charge in [-0.2, -0.15) is 0 Å². The summed E-state index contributed by atoms with van der Waals surface area (Å²) in [5, 5.41) is 0.320. The number of hydrogen-bond donors (Lipinski definition) is 1. The highest BCUT2D eigenvalue weighted by Crippen LogP contribution is 2.52. The molecule has 9 heteroatoms. The van der Waals surface area contributed by atoms with Crippen LogP contribution in [0.5, 0.6) is 0 Å². The van der Waals surface area contributed by atoms with Gasteiger partial charge in [0.2, 0.25) is 5.91 Å². The molecule has 2 saturated heterocycles. The lowest BCUT2D eigenvalue weighted by molar-refractivity contribution is -0.125. The number of rotatable bonds is 3. The van der Waals surface area contributed by atoms with Crippen molar-refractivity contribution in [1.29, 1.82) is 0 Å². The van der Waals surface area contributed by atoms with Crippen molar-refractivity contribution in [2.75, 3.05) is 38.3 Å². The number of hydrogen-bond acceptors (Lipinski definition) is 6. The number of carbonyl (C=O) groups excluding carboxylic acids is 3. The Morgan fingerprint density at radius 3 is 2.38 bits per heavy atom. The van der Waals surface area contributed by atoms with Crippen LogP contribution in [0, 0.1) is 0 Å². The van der Waals surface area contributed by atoms with Gasteiger partial charge in [0.1, 0.15) is 5.60 Å². The summed E-state index contributed by atoms with van der Waals surface area (Å²) in [6.45, 7) is 7.87. The fourth-order valence-corrected chi connectivity index (χ4v) is 6.05. The Bertz CT molecular complexity index is 1230. The zero-order valence-electron chi connectivity index (χ0n) is 23.2. The Labute approximate surface area is 235 Å². The van der Waals surface area contributed by atoms with Gasteiger partial charge in [0.05, 0.1) is 27.4 Å². The lowest BCUT2D eigenvalue weighted by atomic mass is 9.74. The van der Waals surface area contributed by atoms with Crippen molar-refractivity contribution in [2.24, 2.45) is 5.73 Å². The molecule has 39 heavy (non-hydrogen) atoms. The van der Waals surface area contributed by atoms with E-state index in [9.17, 15) is 14.4 Å². The number of amides is 2. The number of piperidine rings is 1. The molecule has 2 aromatic carbocycles. The van der Waals surface area contributed by atoms with E-state index >= 15 is 0 Å². The molecule has 8 nitrogen and oxygen atoms in total. The summed E-state index contributed by atoms with van der Waals surface area (Å²) in [6.07, 6.45) is 3.25. The van der Waals surface area contributed by atoms with Crippen molar-refractivity contribution in [3.8, 4) is 0 Å². The molecule has 0 aliphatic carbocycles. The molecule has 3 aliphatic rings. The average Bonchev–Trinajstić information content (AvgIpc) is 3.15. The molecule has 0 radical (unpaired) electrons. The lowest BCUT2D eigenvalue weighted by Gasteiger charge is -2.34. The van der Waals surface area contributed by atoms with E-state index < -0.39 is 11.0 Å². The van der Waals surface area contributed by atoms with Gasteiger partial charge in [-0.25, -0.2) is 4.79 Å². The van der Waals surface area contributed by atoms with Gasteiger partial charge < -0.3 is 20.1 Å². The molecule has 5 rings (SSSR count). The second kappa shape index (κ2) is 11.7. The maximum absolute atomic E-state index is 14.1. The first kappa shape index (κ1) is 29.1. The number of anilines is 2. The van der Waals surface area contributed by atoms with Crippen LogP contribution in [-0.4, -0.2) is 62.1 Å². The molecule has 3 aliphatic heterocycles. The number of benzene rings is 2. The Morgan fingerprint density at radius 2 is 1.77 bits per heavy atom. The maximum Gasteiger partial charge on any atom is 0.410 e. The predicted octanol–water partition coefficient (Wildman–Crippen LogP) is 5.57. The van der Waals surface area contributed by atoms with E-state index in [0.29, 0.717) is 55.4 Å². The molecule has 2 aromatic rings. The molecule has 0 aromatic heterocycles. The second-order valence-corrected chi connectivity index (χ2v) is 11.6. The van der Waals surface area contributed by atoms with Gasteiger partial charge in [0.15, 0.2) is 6.29 Å². The third-order valence-corrected chi connectivity index (χ3v) is 8.07. The number of carbonyl (C=O) groups is 3.